The van der Waals surface area contributed by atoms with Gasteiger partial charge in [0.15, 0.2) is 0 Å². The third-order valence-corrected chi connectivity index (χ3v) is 5.47. The predicted octanol–water partition coefficient (Wildman–Crippen LogP) is 4.60. The van der Waals surface area contributed by atoms with E-state index < -0.39 is 0 Å². The molecule has 0 spiro atoms. The number of benzene rings is 2. The van der Waals surface area contributed by atoms with Crippen molar-refractivity contribution >= 4 is 11.9 Å². The number of rotatable bonds is 2. The standard InChI is InChI=1S/C23H26N4O/c1-16-14-20(17-8-6-5-7-9-17)27-22(24-15-25-27)26(16)21(28)18-10-12-19(13-11-18)23(2,3)4/h5-13,15-16,20H,14H2,1-4H3/t16-,20-/m1/s1. The molecule has 0 radical (unpaired) electrons. The Morgan fingerprint density at radius 2 is 1.71 bits per heavy atom. The first-order valence-electron chi connectivity index (χ1n) is 9.75. The van der Waals surface area contributed by atoms with Crippen LogP contribution >= 0.6 is 0 Å². The number of carbonyl (C=O) groups excluding carboxylic acids is 1. The highest BCUT2D eigenvalue weighted by atomic mass is 16.2. The van der Waals surface area contributed by atoms with Crippen molar-refractivity contribution in [3.05, 3.63) is 77.6 Å². The minimum Gasteiger partial charge on any atom is -0.274 e. The first-order valence-corrected chi connectivity index (χ1v) is 9.75. The van der Waals surface area contributed by atoms with Crippen molar-refractivity contribution in [1.82, 2.24) is 14.8 Å². The maximum atomic E-state index is 13.3. The van der Waals surface area contributed by atoms with E-state index in [0.29, 0.717) is 11.5 Å². The van der Waals surface area contributed by atoms with Crippen molar-refractivity contribution in [2.75, 3.05) is 4.90 Å². The summed E-state index contributed by atoms with van der Waals surface area (Å²) in [7, 11) is 0. The largest absolute Gasteiger partial charge is 0.274 e. The zero-order valence-electron chi connectivity index (χ0n) is 16.8. The van der Waals surface area contributed by atoms with Gasteiger partial charge in [-0.1, -0.05) is 63.2 Å². The molecule has 144 valence electrons. The van der Waals surface area contributed by atoms with Crippen LogP contribution in [0.5, 0.6) is 0 Å². The van der Waals surface area contributed by atoms with E-state index in [9.17, 15) is 4.79 Å². The number of nitrogens with zero attached hydrogens (tertiary/aromatic N) is 4. The van der Waals surface area contributed by atoms with E-state index >= 15 is 0 Å². The van der Waals surface area contributed by atoms with Crippen LogP contribution in [-0.2, 0) is 5.41 Å². The lowest BCUT2D eigenvalue weighted by molar-refractivity contribution is 0.0966. The number of fused-ring (bicyclic) bond motifs is 1. The minimum atomic E-state index is -0.0336. The van der Waals surface area contributed by atoms with Crippen LogP contribution in [0.25, 0.3) is 0 Å². The molecule has 5 nitrogen and oxygen atoms in total. The van der Waals surface area contributed by atoms with Gasteiger partial charge in [-0.2, -0.15) is 10.1 Å². The van der Waals surface area contributed by atoms with Crippen molar-refractivity contribution in [2.24, 2.45) is 0 Å². The van der Waals surface area contributed by atoms with Crippen LogP contribution < -0.4 is 4.90 Å². The highest BCUT2D eigenvalue weighted by Gasteiger charge is 2.36. The number of amides is 1. The number of hydrogen-bond donors (Lipinski definition) is 0. The fourth-order valence-electron chi connectivity index (χ4n) is 3.86. The molecule has 2 aromatic carbocycles. The van der Waals surface area contributed by atoms with Gasteiger partial charge in [-0.3, -0.25) is 9.69 Å². The molecule has 28 heavy (non-hydrogen) atoms. The fraction of sp³-hybridized carbons (Fsp3) is 0.348. The molecule has 0 saturated carbocycles. The topological polar surface area (TPSA) is 51.0 Å². The molecule has 1 aliphatic heterocycles. The van der Waals surface area contributed by atoms with Crippen LogP contribution in [-0.4, -0.2) is 26.7 Å². The van der Waals surface area contributed by atoms with Gasteiger partial charge in [0.05, 0.1) is 6.04 Å². The Balaban J connectivity index is 1.67. The van der Waals surface area contributed by atoms with E-state index in [4.69, 9.17) is 0 Å². The molecule has 0 unspecified atom stereocenters. The molecule has 1 aliphatic rings. The molecule has 2 heterocycles. The summed E-state index contributed by atoms with van der Waals surface area (Å²) in [6.45, 7) is 8.59. The summed E-state index contributed by atoms with van der Waals surface area (Å²) in [5, 5.41) is 4.43. The van der Waals surface area contributed by atoms with Gasteiger partial charge in [0.1, 0.15) is 6.33 Å². The van der Waals surface area contributed by atoms with Crippen molar-refractivity contribution in [1.29, 1.82) is 0 Å². The maximum absolute atomic E-state index is 13.3. The highest BCUT2D eigenvalue weighted by Crippen LogP contribution is 2.35. The lowest BCUT2D eigenvalue weighted by Gasteiger charge is -2.37. The van der Waals surface area contributed by atoms with Crippen LogP contribution in [0.15, 0.2) is 60.9 Å². The number of aromatic nitrogens is 3. The Labute approximate surface area is 166 Å². The molecular weight excluding hydrogens is 348 g/mol. The molecule has 2 atom stereocenters. The Morgan fingerprint density at radius 3 is 2.36 bits per heavy atom. The van der Waals surface area contributed by atoms with Gasteiger partial charge >= 0.3 is 0 Å². The van der Waals surface area contributed by atoms with Crippen LogP contribution in [0.1, 0.15) is 61.6 Å². The van der Waals surface area contributed by atoms with Gasteiger partial charge in [-0.05, 0) is 42.0 Å². The summed E-state index contributed by atoms with van der Waals surface area (Å²) < 4.78 is 1.87. The molecule has 0 fully saturated rings. The lowest BCUT2D eigenvalue weighted by Crippen LogP contribution is -2.46. The molecule has 1 amide bonds. The maximum Gasteiger partial charge on any atom is 0.260 e. The Kier molecular flexibility index (Phi) is 4.53. The molecule has 0 saturated heterocycles. The SMILES string of the molecule is C[C@@H]1C[C@H](c2ccccc2)n2ncnc2N1C(=O)c1ccc(C(C)(C)C)cc1. The minimum absolute atomic E-state index is 0.0247. The zero-order chi connectivity index (χ0) is 19.9. The molecule has 4 rings (SSSR count). The quantitative estimate of drug-likeness (QED) is 0.658. The number of hydrogen-bond acceptors (Lipinski definition) is 3. The Bertz CT molecular complexity index is 970. The molecule has 1 aromatic heterocycles. The average Bonchev–Trinajstić information content (AvgIpc) is 3.16. The van der Waals surface area contributed by atoms with Gasteiger partial charge in [0, 0.05) is 11.6 Å². The molecule has 0 aliphatic carbocycles. The second-order valence-corrected chi connectivity index (χ2v) is 8.52. The first kappa shape index (κ1) is 18.4. The van der Waals surface area contributed by atoms with Crippen LogP contribution in [0, 0.1) is 0 Å². The van der Waals surface area contributed by atoms with Crippen LogP contribution in [0.4, 0.5) is 5.95 Å². The summed E-state index contributed by atoms with van der Waals surface area (Å²) in [6.07, 6.45) is 2.33. The van der Waals surface area contributed by atoms with E-state index in [0.717, 1.165) is 6.42 Å². The third kappa shape index (κ3) is 3.21. The number of carbonyl (C=O) groups is 1. The monoisotopic (exact) mass is 374 g/mol. The summed E-state index contributed by atoms with van der Waals surface area (Å²) in [4.78, 5) is 19.5. The van der Waals surface area contributed by atoms with Gasteiger partial charge in [0.25, 0.3) is 5.91 Å². The second kappa shape index (κ2) is 6.89. The predicted molar refractivity (Wildman–Crippen MR) is 111 cm³/mol. The number of anilines is 1. The molecule has 3 aromatic rings. The van der Waals surface area contributed by atoms with Crippen molar-refractivity contribution < 1.29 is 4.79 Å². The average molecular weight is 374 g/mol. The summed E-state index contributed by atoms with van der Waals surface area (Å²) >= 11 is 0. The van der Waals surface area contributed by atoms with E-state index in [1.165, 1.54) is 17.5 Å². The normalized spacial score (nSPS) is 19.4. The van der Waals surface area contributed by atoms with E-state index in [2.05, 4.69) is 49.9 Å². The first-order chi connectivity index (χ1) is 13.4. The third-order valence-electron chi connectivity index (χ3n) is 5.47. The molecule has 5 heteroatoms. The van der Waals surface area contributed by atoms with Gasteiger partial charge in [-0.25, -0.2) is 4.68 Å². The fourth-order valence-corrected chi connectivity index (χ4v) is 3.86. The second-order valence-electron chi connectivity index (χ2n) is 8.52. The van der Waals surface area contributed by atoms with E-state index in [1.54, 1.807) is 4.90 Å². The summed E-state index contributed by atoms with van der Waals surface area (Å²) in [5.74, 6) is 0.575. The summed E-state index contributed by atoms with van der Waals surface area (Å²) in [6, 6.07) is 18.3. The summed E-state index contributed by atoms with van der Waals surface area (Å²) in [5.41, 5.74) is 3.13. The smallest absolute Gasteiger partial charge is 0.260 e. The molecule has 0 N–H and O–H groups in total. The Hall–Kier alpha value is -2.95. The van der Waals surface area contributed by atoms with Crippen LogP contribution in [0.2, 0.25) is 0 Å². The lowest BCUT2D eigenvalue weighted by atomic mass is 9.86. The zero-order valence-corrected chi connectivity index (χ0v) is 16.8. The molecule has 0 bridgehead atoms. The van der Waals surface area contributed by atoms with E-state index in [-0.39, 0.29) is 23.4 Å². The van der Waals surface area contributed by atoms with Gasteiger partial charge in [-0.15, -0.1) is 0 Å². The molecular formula is C23H26N4O. The Morgan fingerprint density at radius 1 is 1.04 bits per heavy atom. The van der Waals surface area contributed by atoms with Crippen molar-refractivity contribution in [2.45, 2.75) is 51.6 Å². The van der Waals surface area contributed by atoms with Gasteiger partial charge < -0.3 is 0 Å². The van der Waals surface area contributed by atoms with Crippen molar-refractivity contribution in [3.63, 3.8) is 0 Å². The van der Waals surface area contributed by atoms with Crippen molar-refractivity contribution in [3.8, 4) is 0 Å². The van der Waals surface area contributed by atoms with E-state index in [1.807, 2.05) is 47.1 Å². The van der Waals surface area contributed by atoms with Gasteiger partial charge in [0.2, 0.25) is 5.95 Å². The van der Waals surface area contributed by atoms with Crippen LogP contribution in [0.3, 0.4) is 0 Å². The highest BCUT2D eigenvalue weighted by molar-refractivity contribution is 6.05.